The molecule has 0 fully saturated rings. The lowest BCUT2D eigenvalue weighted by Gasteiger charge is -2.07. The molecule has 3 rings (SSSR count). The topological polar surface area (TPSA) is 92.6 Å². The van der Waals surface area contributed by atoms with Gasteiger partial charge >= 0.3 is 0 Å². The number of methoxy groups -OCH3 is 1. The van der Waals surface area contributed by atoms with Crippen LogP contribution in [0.5, 0.6) is 17.2 Å². The first kappa shape index (κ1) is 18.1. The van der Waals surface area contributed by atoms with Gasteiger partial charge in [-0.25, -0.2) is 0 Å². The molecule has 0 aromatic heterocycles. The zero-order valence-electron chi connectivity index (χ0n) is 14.8. The van der Waals surface area contributed by atoms with Crippen LogP contribution in [0.15, 0.2) is 54.2 Å². The van der Waals surface area contributed by atoms with E-state index in [0.717, 1.165) is 16.9 Å². The van der Waals surface area contributed by atoms with Gasteiger partial charge in [-0.05, 0) is 35.4 Å². The Morgan fingerprint density at radius 2 is 2.00 bits per heavy atom. The normalized spacial score (nSPS) is 12.2. The van der Waals surface area contributed by atoms with Gasteiger partial charge in [0, 0.05) is 19.3 Å². The first-order chi connectivity index (χ1) is 13.2. The van der Waals surface area contributed by atoms with E-state index in [-0.39, 0.29) is 18.9 Å². The summed E-state index contributed by atoms with van der Waals surface area (Å²) in [7, 11) is 1.60. The molecule has 0 bridgehead atoms. The fourth-order valence-corrected chi connectivity index (χ4v) is 2.53. The highest BCUT2D eigenvalue weighted by molar-refractivity contribution is 5.97. The zero-order chi connectivity index (χ0) is 19.1. The second-order valence-electron chi connectivity index (χ2n) is 5.77. The van der Waals surface area contributed by atoms with Crippen LogP contribution in [-0.4, -0.2) is 19.8 Å². The number of carbonyl (C=O) groups is 1. The summed E-state index contributed by atoms with van der Waals surface area (Å²) >= 11 is 0. The number of carbonyl (C=O) groups excluding carboxylic acids is 1. The molecule has 0 unspecified atom stereocenters. The number of nitriles is 1. The van der Waals surface area contributed by atoms with Crippen LogP contribution in [0.25, 0.3) is 0 Å². The molecule has 27 heavy (non-hydrogen) atoms. The molecule has 1 heterocycles. The summed E-state index contributed by atoms with van der Waals surface area (Å²) in [5.41, 5.74) is 1.83. The molecule has 0 radical (unpaired) electrons. The van der Waals surface area contributed by atoms with E-state index in [0.29, 0.717) is 18.0 Å². The predicted octanol–water partition coefficient (Wildman–Crippen LogP) is 2.24. The highest BCUT2D eigenvalue weighted by Gasteiger charge is 2.14. The van der Waals surface area contributed by atoms with Gasteiger partial charge in [0.2, 0.25) is 6.79 Å². The molecule has 1 aliphatic heterocycles. The van der Waals surface area contributed by atoms with Crippen molar-refractivity contribution in [3.63, 3.8) is 0 Å². The van der Waals surface area contributed by atoms with Crippen molar-refractivity contribution >= 4 is 5.91 Å². The first-order valence-corrected chi connectivity index (χ1v) is 8.33. The van der Waals surface area contributed by atoms with Crippen LogP contribution < -0.4 is 24.8 Å². The van der Waals surface area contributed by atoms with Crippen LogP contribution in [-0.2, 0) is 17.9 Å². The molecule has 2 aromatic rings. The van der Waals surface area contributed by atoms with Crippen LogP contribution in [0.4, 0.5) is 0 Å². The number of amides is 1. The summed E-state index contributed by atoms with van der Waals surface area (Å²) in [6.07, 6.45) is 1.41. The van der Waals surface area contributed by atoms with Gasteiger partial charge in [-0.1, -0.05) is 18.2 Å². The Balaban J connectivity index is 1.54. The van der Waals surface area contributed by atoms with Crippen LogP contribution in [0.2, 0.25) is 0 Å². The SMILES string of the molecule is COc1cccc(CN/C=C(/C#N)C(=O)NCc2ccc3c(c2)OCO3)c1. The Morgan fingerprint density at radius 3 is 2.81 bits per heavy atom. The second kappa shape index (κ2) is 8.63. The number of fused-ring (bicyclic) bond motifs is 1. The summed E-state index contributed by atoms with van der Waals surface area (Å²) in [6, 6.07) is 14.9. The number of nitrogens with zero attached hydrogens (tertiary/aromatic N) is 1. The van der Waals surface area contributed by atoms with E-state index in [1.54, 1.807) is 19.2 Å². The minimum absolute atomic E-state index is 0.00126. The molecule has 0 spiro atoms. The van der Waals surface area contributed by atoms with Crippen molar-refractivity contribution in [1.29, 1.82) is 5.26 Å². The summed E-state index contributed by atoms with van der Waals surface area (Å²) in [5.74, 6) is 1.63. The minimum Gasteiger partial charge on any atom is -0.497 e. The van der Waals surface area contributed by atoms with Gasteiger partial charge in [-0.2, -0.15) is 5.26 Å². The molecule has 1 aliphatic rings. The van der Waals surface area contributed by atoms with Gasteiger partial charge in [-0.15, -0.1) is 0 Å². The number of ether oxygens (including phenoxy) is 3. The van der Waals surface area contributed by atoms with Crippen LogP contribution in [0.3, 0.4) is 0 Å². The van der Waals surface area contributed by atoms with Crippen molar-refractivity contribution < 1.29 is 19.0 Å². The summed E-state index contributed by atoms with van der Waals surface area (Å²) in [5, 5.41) is 14.9. The van der Waals surface area contributed by atoms with Gasteiger partial charge in [0.05, 0.1) is 7.11 Å². The third-order valence-corrected chi connectivity index (χ3v) is 3.94. The zero-order valence-corrected chi connectivity index (χ0v) is 14.8. The van der Waals surface area contributed by atoms with Crippen molar-refractivity contribution in [2.75, 3.05) is 13.9 Å². The Hall–Kier alpha value is -3.66. The van der Waals surface area contributed by atoms with Gasteiger partial charge in [0.1, 0.15) is 17.4 Å². The van der Waals surface area contributed by atoms with Crippen molar-refractivity contribution in [2.45, 2.75) is 13.1 Å². The van der Waals surface area contributed by atoms with Crippen molar-refractivity contribution in [2.24, 2.45) is 0 Å². The van der Waals surface area contributed by atoms with Crippen molar-refractivity contribution in [3.05, 3.63) is 65.4 Å². The third-order valence-electron chi connectivity index (χ3n) is 3.94. The lowest BCUT2D eigenvalue weighted by Crippen LogP contribution is -2.25. The molecule has 7 heteroatoms. The average molecular weight is 365 g/mol. The van der Waals surface area contributed by atoms with Gasteiger partial charge < -0.3 is 24.8 Å². The van der Waals surface area contributed by atoms with Crippen LogP contribution in [0.1, 0.15) is 11.1 Å². The molecule has 7 nitrogen and oxygen atoms in total. The quantitative estimate of drug-likeness (QED) is 0.577. The number of benzene rings is 2. The van der Waals surface area contributed by atoms with Gasteiger partial charge in [0.15, 0.2) is 11.5 Å². The number of nitrogens with one attached hydrogen (secondary N) is 2. The van der Waals surface area contributed by atoms with Crippen LogP contribution in [0, 0.1) is 11.3 Å². The predicted molar refractivity (Wildman–Crippen MR) is 97.9 cm³/mol. The maximum Gasteiger partial charge on any atom is 0.263 e. The Morgan fingerprint density at radius 1 is 1.19 bits per heavy atom. The third kappa shape index (κ3) is 4.70. The number of hydrogen-bond acceptors (Lipinski definition) is 6. The monoisotopic (exact) mass is 365 g/mol. The van der Waals surface area contributed by atoms with E-state index in [2.05, 4.69) is 10.6 Å². The maximum atomic E-state index is 12.2. The Bertz CT molecular complexity index is 902. The molecule has 0 saturated heterocycles. The van der Waals surface area contributed by atoms with Gasteiger partial charge in [-0.3, -0.25) is 4.79 Å². The van der Waals surface area contributed by atoms with Crippen molar-refractivity contribution in [1.82, 2.24) is 10.6 Å². The summed E-state index contributed by atoms with van der Waals surface area (Å²) < 4.78 is 15.7. The van der Waals surface area contributed by atoms with E-state index in [1.165, 1.54) is 6.20 Å². The molecule has 1 amide bonds. The number of hydrogen-bond donors (Lipinski definition) is 2. The van der Waals surface area contributed by atoms with E-state index >= 15 is 0 Å². The summed E-state index contributed by atoms with van der Waals surface area (Å²) in [4.78, 5) is 12.2. The largest absolute Gasteiger partial charge is 0.497 e. The molecular weight excluding hydrogens is 346 g/mol. The van der Waals surface area contributed by atoms with E-state index in [4.69, 9.17) is 14.2 Å². The van der Waals surface area contributed by atoms with Crippen LogP contribution >= 0.6 is 0 Å². The van der Waals surface area contributed by atoms with E-state index < -0.39 is 5.91 Å². The van der Waals surface area contributed by atoms with Crippen molar-refractivity contribution in [3.8, 4) is 23.3 Å². The molecular formula is C20H19N3O4. The van der Waals surface area contributed by atoms with E-state index in [1.807, 2.05) is 36.4 Å². The van der Waals surface area contributed by atoms with Gasteiger partial charge in [0.25, 0.3) is 5.91 Å². The molecule has 0 atom stereocenters. The Kier molecular flexibility index (Phi) is 5.80. The highest BCUT2D eigenvalue weighted by Crippen LogP contribution is 2.32. The molecule has 2 N–H and O–H groups in total. The fraction of sp³-hybridized carbons (Fsp3) is 0.200. The fourth-order valence-electron chi connectivity index (χ4n) is 2.53. The Labute approximate surface area is 157 Å². The maximum absolute atomic E-state index is 12.2. The minimum atomic E-state index is -0.451. The molecule has 138 valence electrons. The lowest BCUT2D eigenvalue weighted by molar-refractivity contribution is -0.117. The molecule has 0 saturated carbocycles. The lowest BCUT2D eigenvalue weighted by atomic mass is 10.2. The summed E-state index contributed by atoms with van der Waals surface area (Å²) in [6.45, 7) is 0.952. The standard InChI is InChI=1S/C20H19N3O4/c1-25-17-4-2-3-14(7-17)10-22-12-16(9-21)20(24)23-11-15-5-6-18-19(8-15)27-13-26-18/h2-8,12,22H,10-11,13H2,1H3,(H,23,24)/b16-12-. The second-order valence-corrected chi connectivity index (χ2v) is 5.77. The number of rotatable bonds is 7. The molecule has 0 aliphatic carbocycles. The average Bonchev–Trinajstić information content (AvgIpc) is 3.17. The van der Waals surface area contributed by atoms with E-state index in [9.17, 15) is 10.1 Å². The molecule has 2 aromatic carbocycles. The first-order valence-electron chi connectivity index (χ1n) is 8.33. The smallest absolute Gasteiger partial charge is 0.263 e. The highest BCUT2D eigenvalue weighted by atomic mass is 16.7.